The normalized spacial score (nSPS) is 14.8. The predicted molar refractivity (Wildman–Crippen MR) is 87.0 cm³/mol. The highest BCUT2D eigenvalue weighted by atomic mass is 16.2. The van der Waals surface area contributed by atoms with E-state index in [0.29, 0.717) is 0 Å². The third-order valence-corrected chi connectivity index (χ3v) is 4.39. The molecular weight excluding hydrogens is 274 g/mol. The lowest BCUT2D eigenvalue weighted by Gasteiger charge is -2.17. The number of hydrogen-bond acceptors (Lipinski definition) is 1. The van der Waals surface area contributed by atoms with Crippen LogP contribution >= 0.6 is 0 Å². The average molecular weight is 293 g/mol. The number of nitrogens with one attached hydrogen (secondary N) is 1. The SMILES string of the molecule is O=C(c1ccc(Cn2[nH]c3ccccc32)cc1)N1CCCC1. The molecule has 22 heavy (non-hydrogen) atoms. The molecule has 0 saturated carbocycles. The Hall–Kier alpha value is -2.49. The zero-order valence-corrected chi connectivity index (χ0v) is 12.5. The molecule has 1 amide bonds. The van der Waals surface area contributed by atoms with Crippen LogP contribution in [0.2, 0.25) is 0 Å². The van der Waals surface area contributed by atoms with E-state index in [9.17, 15) is 4.79 Å². The smallest absolute Gasteiger partial charge is 0.253 e. The van der Waals surface area contributed by atoms with Crippen LogP contribution < -0.4 is 0 Å². The van der Waals surface area contributed by atoms with E-state index in [4.69, 9.17) is 0 Å². The summed E-state index contributed by atoms with van der Waals surface area (Å²) < 4.78 is 2.12. The molecule has 112 valence electrons. The van der Waals surface area contributed by atoms with E-state index >= 15 is 0 Å². The average Bonchev–Trinajstić information content (AvgIpc) is 3.07. The summed E-state index contributed by atoms with van der Waals surface area (Å²) in [6.45, 7) is 2.60. The lowest BCUT2D eigenvalue weighted by atomic mass is 10.1. The molecule has 1 aliphatic rings. The van der Waals surface area contributed by atoms with E-state index in [0.717, 1.165) is 38.0 Å². The van der Waals surface area contributed by atoms with Gasteiger partial charge >= 0.3 is 0 Å². The number of para-hydroxylation sites is 2. The van der Waals surface area contributed by atoms with E-state index in [1.54, 1.807) is 0 Å². The molecule has 0 spiro atoms. The van der Waals surface area contributed by atoms with E-state index in [1.807, 2.05) is 41.3 Å². The van der Waals surface area contributed by atoms with Crippen LogP contribution in [0.3, 0.4) is 0 Å². The molecule has 2 aromatic carbocycles. The molecule has 3 aromatic rings. The van der Waals surface area contributed by atoms with Crippen molar-refractivity contribution >= 4 is 16.9 Å². The van der Waals surface area contributed by atoms with Crippen LogP contribution in [0.5, 0.6) is 0 Å². The molecule has 1 fully saturated rings. The van der Waals surface area contributed by atoms with Gasteiger partial charge in [0.25, 0.3) is 5.91 Å². The van der Waals surface area contributed by atoms with Gasteiger partial charge in [0.05, 0.1) is 17.6 Å². The van der Waals surface area contributed by atoms with Crippen molar-refractivity contribution in [3.63, 3.8) is 0 Å². The fraction of sp³-hybridized carbons (Fsp3) is 0.278. The molecule has 0 aliphatic carbocycles. The van der Waals surface area contributed by atoms with Crippen LogP contribution in [0.4, 0.5) is 0 Å². The van der Waals surface area contributed by atoms with Crippen LogP contribution in [0, 0.1) is 0 Å². The first-order chi connectivity index (χ1) is 10.8. The van der Waals surface area contributed by atoms with E-state index in [-0.39, 0.29) is 5.91 Å². The first kappa shape index (κ1) is 13.2. The molecule has 1 saturated heterocycles. The van der Waals surface area contributed by atoms with Gasteiger partial charge in [0, 0.05) is 18.7 Å². The summed E-state index contributed by atoms with van der Waals surface area (Å²) in [4.78, 5) is 14.3. The third-order valence-electron chi connectivity index (χ3n) is 4.39. The van der Waals surface area contributed by atoms with Crippen molar-refractivity contribution in [3.05, 3.63) is 59.7 Å². The van der Waals surface area contributed by atoms with Gasteiger partial charge in [-0.15, -0.1) is 0 Å². The molecule has 0 radical (unpaired) electrons. The quantitative estimate of drug-likeness (QED) is 0.791. The summed E-state index contributed by atoms with van der Waals surface area (Å²) in [5.41, 5.74) is 4.38. The van der Waals surface area contributed by atoms with E-state index < -0.39 is 0 Å². The van der Waals surface area contributed by atoms with Gasteiger partial charge in [0.1, 0.15) is 0 Å². The number of amides is 1. The number of aromatic amines is 1. The van der Waals surface area contributed by atoms with Crippen LogP contribution in [-0.2, 0) is 6.54 Å². The molecule has 0 unspecified atom stereocenters. The Morgan fingerprint density at radius 1 is 1.00 bits per heavy atom. The van der Waals surface area contributed by atoms with Crippen molar-refractivity contribution in [1.82, 2.24) is 14.7 Å². The zero-order chi connectivity index (χ0) is 14.9. The van der Waals surface area contributed by atoms with Gasteiger partial charge in [-0.05, 0) is 42.7 Å². The van der Waals surface area contributed by atoms with Gasteiger partial charge < -0.3 is 4.90 Å². The monoisotopic (exact) mass is 293 g/mol. The maximum absolute atomic E-state index is 12.3. The second-order valence-electron chi connectivity index (χ2n) is 5.91. The Morgan fingerprint density at radius 2 is 1.73 bits per heavy atom. The zero-order valence-electron chi connectivity index (χ0n) is 12.5. The number of carbonyl (C=O) groups excluding carboxylic acids is 1. The second kappa shape index (κ2) is 5.37. The summed E-state index contributed by atoms with van der Waals surface area (Å²) in [5, 5.41) is 3.31. The maximum atomic E-state index is 12.3. The highest BCUT2D eigenvalue weighted by Gasteiger charge is 2.19. The Kier molecular flexibility index (Phi) is 3.22. The van der Waals surface area contributed by atoms with Crippen molar-refractivity contribution in [1.29, 1.82) is 0 Å². The molecule has 4 rings (SSSR count). The fourth-order valence-corrected chi connectivity index (χ4v) is 3.12. The summed E-state index contributed by atoms with van der Waals surface area (Å²) in [5.74, 6) is 0.163. The summed E-state index contributed by atoms with van der Waals surface area (Å²) >= 11 is 0. The van der Waals surface area contributed by atoms with Crippen LogP contribution in [0.15, 0.2) is 48.5 Å². The van der Waals surface area contributed by atoms with Gasteiger partial charge in [0.2, 0.25) is 0 Å². The van der Waals surface area contributed by atoms with Gasteiger partial charge in [-0.1, -0.05) is 24.3 Å². The number of nitrogens with zero attached hydrogens (tertiary/aromatic N) is 2. The number of H-pyrrole nitrogens is 1. The number of carbonyl (C=O) groups is 1. The molecule has 0 bridgehead atoms. The molecule has 0 atom stereocenters. The lowest BCUT2D eigenvalue weighted by molar-refractivity contribution is 0.0793. The van der Waals surface area contributed by atoms with Gasteiger partial charge in [-0.25, -0.2) is 0 Å². The van der Waals surface area contributed by atoms with Crippen LogP contribution in [0.25, 0.3) is 11.0 Å². The predicted octanol–water partition coefficient (Wildman–Crippen LogP) is 3.25. The van der Waals surface area contributed by atoms with Crippen molar-refractivity contribution in [2.24, 2.45) is 0 Å². The van der Waals surface area contributed by atoms with Crippen LogP contribution in [0.1, 0.15) is 28.8 Å². The maximum Gasteiger partial charge on any atom is 0.253 e. The van der Waals surface area contributed by atoms with Gasteiger partial charge in [0.15, 0.2) is 0 Å². The fourth-order valence-electron chi connectivity index (χ4n) is 3.12. The summed E-state index contributed by atoms with van der Waals surface area (Å²) in [7, 11) is 0. The number of benzene rings is 2. The topological polar surface area (TPSA) is 41.0 Å². The Morgan fingerprint density at radius 3 is 2.45 bits per heavy atom. The van der Waals surface area contributed by atoms with Crippen molar-refractivity contribution < 1.29 is 4.79 Å². The van der Waals surface area contributed by atoms with Crippen LogP contribution in [-0.4, -0.2) is 33.7 Å². The van der Waals surface area contributed by atoms with E-state index in [2.05, 4.69) is 21.9 Å². The molecule has 4 heteroatoms. The highest BCUT2D eigenvalue weighted by molar-refractivity contribution is 5.94. The highest BCUT2D eigenvalue weighted by Crippen LogP contribution is 2.17. The first-order valence-corrected chi connectivity index (χ1v) is 7.83. The summed E-state index contributed by atoms with van der Waals surface area (Å²) in [6.07, 6.45) is 2.26. The largest absolute Gasteiger partial charge is 0.339 e. The Bertz CT molecular complexity index is 791. The molecular formula is C18H19N3O. The second-order valence-corrected chi connectivity index (χ2v) is 5.91. The molecule has 4 nitrogen and oxygen atoms in total. The molecule has 1 aliphatic heterocycles. The molecule has 1 aromatic heterocycles. The minimum Gasteiger partial charge on any atom is -0.339 e. The third kappa shape index (κ3) is 2.30. The molecule has 1 N–H and O–H groups in total. The Labute approximate surface area is 129 Å². The number of rotatable bonds is 3. The number of aromatic nitrogens is 2. The molecule has 2 heterocycles. The number of likely N-dealkylation sites (tertiary alicyclic amines) is 1. The Balaban J connectivity index is 1.49. The van der Waals surface area contributed by atoms with Crippen molar-refractivity contribution in [2.75, 3.05) is 13.1 Å². The van der Waals surface area contributed by atoms with E-state index in [1.165, 1.54) is 16.6 Å². The van der Waals surface area contributed by atoms with Crippen molar-refractivity contribution in [3.8, 4) is 0 Å². The standard InChI is InChI=1S/C18H19N3O/c22-18(20-11-3-4-12-20)15-9-7-14(8-10-15)13-21-17-6-2-1-5-16(17)19-21/h1-2,5-10,19H,3-4,11-13H2. The van der Waals surface area contributed by atoms with Gasteiger partial charge in [-0.3, -0.25) is 14.6 Å². The number of fused-ring (bicyclic) bond motifs is 1. The summed E-state index contributed by atoms with van der Waals surface area (Å²) in [6, 6.07) is 16.2. The minimum absolute atomic E-state index is 0.163. The number of hydrogen-bond donors (Lipinski definition) is 1. The van der Waals surface area contributed by atoms with Gasteiger partial charge in [-0.2, -0.15) is 0 Å². The lowest BCUT2D eigenvalue weighted by Crippen LogP contribution is -2.27. The first-order valence-electron chi connectivity index (χ1n) is 7.83. The minimum atomic E-state index is 0.163. The van der Waals surface area contributed by atoms with Crippen molar-refractivity contribution in [2.45, 2.75) is 19.4 Å².